The lowest BCUT2D eigenvalue weighted by molar-refractivity contribution is -0.0737. The van der Waals surface area contributed by atoms with Gasteiger partial charge in [0.15, 0.2) is 6.30 Å². The summed E-state index contributed by atoms with van der Waals surface area (Å²) in [7, 11) is 0. The van der Waals surface area contributed by atoms with Crippen LogP contribution in [-0.4, -0.2) is 54.0 Å². The molecule has 2 aliphatic rings. The second-order valence-corrected chi connectivity index (χ2v) is 6.50. The maximum Gasteiger partial charge on any atom is 0.261 e. The summed E-state index contributed by atoms with van der Waals surface area (Å²) in [5.74, 6) is -0.627. The number of morpholine rings is 1. The number of nitrogens with zero attached hydrogens (tertiary/aromatic N) is 2. The number of benzene rings is 2. The van der Waals surface area contributed by atoms with E-state index < -0.39 is 12.4 Å². The molecule has 2 atom stereocenters. The van der Waals surface area contributed by atoms with E-state index in [0.717, 1.165) is 0 Å². The zero-order valence-corrected chi connectivity index (χ0v) is 14.2. The van der Waals surface area contributed by atoms with Crippen molar-refractivity contribution in [1.29, 1.82) is 0 Å². The summed E-state index contributed by atoms with van der Waals surface area (Å²) in [4.78, 5) is 27.8. The molecular weight excluding hydrogens is 335 g/mol. The van der Waals surface area contributed by atoms with E-state index in [0.29, 0.717) is 36.4 Å². The van der Waals surface area contributed by atoms with Crippen LogP contribution in [0.15, 0.2) is 54.6 Å². The third kappa shape index (κ3) is 3.02. The third-order valence-corrected chi connectivity index (χ3v) is 4.83. The van der Waals surface area contributed by atoms with Crippen LogP contribution in [-0.2, 0) is 4.74 Å². The van der Waals surface area contributed by atoms with Gasteiger partial charge in [-0.3, -0.25) is 19.4 Å². The summed E-state index contributed by atoms with van der Waals surface area (Å²) in [6.07, 6.45) is -1.64. The fraction of sp³-hybridized carbons (Fsp3) is 0.300. The van der Waals surface area contributed by atoms with Gasteiger partial charge in [-0.05, 0) is 12.1 Å². The van der Waals surface area contributed by atoms with Gasteiger partial charge in [-0.15, -0.1) is 0 Å². The van der Waals surface area contributed by atoms with Gasteiger partial charge in [-0.1, -0.05) is 42.5 Å². The van der Waals surface area contributed by atoms with Crippen molar-refractivity contribution in [2.75, 3.05) is 26.2 Å². The normalized spacial score (nSPS) is 21.7. The first-order valence-corrected chi connectivity index (χ1v) is 8.65. The number of ether oxygens (including phenoxy) is 1. The average Bonchev–Trinajstić information content (AvgIpc) is 2.93. The highest BCUT2D eigenvalue weighted by Crippen LogP contribution is 2.26. The van der Waals surface area contributed by atoms with Crippen molar-refractivity contribution in [3.63, 3.8) is 0 Å². The Balaban J connectivity index is 1.45. The number of alkyl halides is 1. The number of hydrogen-bond acceptors (Lipinski definition) is 4. The molecule has 0 N–H and O–H groups in total. The Bertz CT molecular complexity index is 792. The van der Waals surface area contributed by atoms with Crippen molar-refractivity contribution in [3.8, 4) is 0 Å². The predicted octanol–water partition coefficient (Wildman–Crippen LogP) is 2.65. The van der Waals surface area contributed by atoms with E-state index in [1.54, 1.807) is 53.4 Å². The zero-order valence-electron chi connectivity index (χ0n) is 14.2. The molecule has 134 valence electrons. The molecule has 0 aliphatic carbocycles. The van der Waals surface area contributed by atoms with Crippen LogP contribution in [0.4, 0.5) is 4.39 Å². The Labute approximate surface area is 151 Å². The molecule has 2 aromatic carbocycles. The molecule has 2 aromatic rings. The summed E-state index contributed by atoms with van der Waals surface area (Å²) < 4.78 is 20.5. The van der Waals surface area contributed by atoms with Crippen LogP contribution < -0.4 is 0 Å². The first-order valence-electron chi connectivity index (χ1n) is 8.65. The largest absolute Gasteiger partial charge is 0.374 e. The Morgan fingerprint density at radius 1 is 1.00 bits per heavy atom. The minimum atomic E-state index is -1.23. The number of carbonyl (C=O) groups is 2. The van der Waals surface area contributed by atoms with E-state index in [1.807, 2.05) is 6.07 Å². The third-order valence-electron chi connectivity index (χ3n) is 4.83. The monoisotopic (exact) mass is 354 g/mol. The van der Waals surface area contributed by atoms with Crippen molar-refractivity contribution in [2.24, 2.45) is 0 Å². The molecule has 0 radical (unpaired) electrons. The highest BCUT2D eigenvalue weighted by atomic mass is 19.1. The molecular formula is C20H19FN2O3. The van der Waals surface area contributed by atoms with E-state index in [4.69, 9.17) is 4.74 Å². The van der Waals surface area contributed by atoms with Gasteiger partial charge in [-0.2, -0.15) is 0 Å². The Hall–Kier alpha value is -2.57. The SMILES string of the molecule is O=C1c2ccccc2C(=O)N1CC1CN(C(F)c2ccccc2)CCO1. The molecule has 0 spiro atoms. The quantitative estimate of drug-likeness (QED) is 0.626. The van der Waals surface area contributed by atoms with Crippen LogP contribution in [0, 0.1) is 0 Å². The molecule has 2 unspecified atom stereocenters. The summed E-state index contributed by atoms with van der Waals surface area (Å²) in [6.45, 7) is 1.28. The van der Waals surface area contributed by atoms with Gasteiger partial charge in [-0.25, -0.2) is 4.39 Å². The number of rotatable bonds is 4. The van der Waals surface area contributed by atoms with Gasteiger partial charge in [0.2, 0.25) is 0 Å². The number of halogens is 1. The molecule has 1 fully saturated rings. The highest BCUT2D eigenvalue weighted by Gasteiger charge is 2.38. The Morgan fingerprint density at radius 3 is 2.27 bits per heavy atom. The van der Waals surface area contributed by atoms with Crippen LogP contribution >= 0.6 is 0 Å². The molecule has 5 nitrogen and oxygen atoms in total. The van der Waals surface area contributed by atoms with Gasteiger partial charge in [0.25, 0.3) is 11.8 Å². The van der Waals surface area contributed by atoms with Gasteiger partial charge in [0, 0.05) is 18.7 Å². The van der Waals surface area contributed by atoms with Crippen molar-refractivity contribution in [1.82, 2.24) is 9.80 Å². The topological polar surface area (TPSA) is 49.9 Å². The van der Waals surface area contributed by atoms with Gasteiger partial charge in [0.1, 0.15) is 0 Å². The predicted molar refractivity (Wildman–Crippen MR) is 93.4 cm³/mol. The fourth-order valence-corrected chi connectivity index (χ4v) is 3.49. The smallest absolute Gasteiger partial charge is 0.261 e. The molecule has 0 saturated carbocycles. The molecule has 6 heteroatoms. The van der Waals surface area contributed by atoms with E-state index >= 15 is 0 Å². The number of carbonyl (C=O) groups excluding carboxylic acids is 2. The molecule has 4 rings (SSSR count). The molecule has 1 saturated heterocycles. The van der Waals surface area contributed by atoms with Gasteiger partial charge in [0.05, 0.1) is 30.4 Å². The maximum absolute atomic E-state index is 14.8. The first kappa shape index (κ1) is 16.9. The number of amides is 2. The summed E-state index contributed by atoms with van der Waals surface area (Å²) in [5, 5.41) is 0. The number of hydrogen-bond donors (Lipinski definition) is 0. The van der Waals surface area contributed by atoms with E-state index in [9.17, 15) is 14.0 Å². The lowest BCUT2D eigenvalue weighted by atomic mass is 10.1. The van der Waals surface area contributed by atoms with Crippen LogP contribution in [0.1, 0.15) is 32.6 Å². The summed E-state index contributed by atoms with van der Waals surface area (Å²) in [5.41, 5.74) is 1.42. The number of imide groups is 1. The van der Waals surface area contributed by atoms with Crippen LogP contribution in [0.3, 0.4) is 0 Å². The molecule has 2 amide bonds. The standard InChI is InChI=1S/C20H19FN2O3/c21-18(14-6-2-1-3-7-14)22-10-11-26-15(12-22)13-23-19(24)16-8-4-5-9-17(16)20(23)25/h1-9,15,18H,10-13H2. The van der Waals surface area contributed by atoms with E-state index in [2.05, 4.69) is 0 Å². The first-order chi connectivity index (χ1) is 12.6. The van der Waals surface area contributed by atoms with Crippen molar-refractivity contribution >= 4 is 11.8 Å². The second-order valence-electron chi connectivity index (χ2n) is 6.50. The molecule has 2 aliphatic heterocycles. The molecule has 0 aromatic heterocycles. The fourth-order valence-electron chi connectivity index (χ4n) is 3.49. The molecule has 0 bridgehead atoms. The van der Waals surface area contributed by atoms with E-state index in [1.165, 1.54) is 4.90 Å². The molecule has 26 heavy (non-hydrogen) atoms. The lowest BCUT2D eigenvalue weighted by Crippen LogP contribution is -2.49. The minimum Gasteiger partial charge on any atom is -0.374 e. The summed E-state index contributed by atoms with van der Waals surface area (Å²) in [6, 6.07) is 15.7. The summed E-state index contributed by atoms with van der Waals surface area (Å²) >= 11 is 0. The highest BCUT2D eigenvalue weighted by molar-refractivity contribution is 6.21. The Morgan fingerprint density at radius 2 is 1.62 bits per heavy atom. The van der Waals surface area contributed by atoms with Crippen molar-refractivity contribution < 1.29 is 18.7 Å². The molecule has 2 heterocycles. The van der Waals surface area contributed by atoms with Crippen LogP contribution in [0.25, 0.3) is 0 Å². The van der Waals surface area contributed by atoms with Crippen molar-refractivity contribution in [3.05, 3.63) is 71.3 Å². The van der Waals surface area contributed by atoms with Crippen LogP contribution in [0.2, 0.25) is 0 Å². The minimum absolute atomic E-state index is 0.129. The zero-order chi connectivity index (χ0) is 18.1. The van der Waals surface area contributed by atoms with Crippen molar-refractivity contribution in [2.45, 2.75) is 12.4 Å². The number of fused-ring (bicyclic) bond motifs is 1. The van der Waals surface area contributed by atoms with Gasteiger partial charge >= 0.3 is 0 Å². The average molecular weight is 354 g/mol. The van der Waals surface area contributed by atoms with Gasteiger partial charge < -0.3 is 4.74 Å². The lowest BCUT2D eigenvalue weighted by Gasteiger charge is -2.36. The Kier molecular flexibility index (Phi) is 4.53. The second kappa shape index (κ2) is 6.97. The van der Waals surface area contributed by atoms with E-state index in [-0.39, 0.29) is 18.4 Å². The maximum atomic E-state index is 14.8. The van der Waals surface area contributed by atoms with Crippen LogP contribution in [0.5, 0.6) is 0 Å².